The van der Waals surface area contributed by atoms with Crippen molar-refractivity contribution < 1.29 is 17.3 Å². The molecular formula is C20H17N3O4S. The number of aryl methyl sites for hydroxylation is 2. The van der Waals surface area contributed by atoms with E-state index >= 15 is 0 Å². The number of hydrogen-bond donors (Lipinski definition) is 0. The van der Waals surface area contributed by atoms with Gasteiger partial charge in [0.05, 0.1) is 11.9 Å². The number of aromatic nitrogens is 3. The summed E-state index contributed by atoms with van der Waals surface area (Å²) in [6.07, 6.45) is 1.27. The Kier molecular flexibility index (Phi) is 4.48. The van der Waals surface area contributed by atoms with E-state index < -0.39 is 10.1 Å². The van der Waals surface area contributed by atoms with E-state index in [9.17, 15) is 8.42 Å². The van der Waals surface area contributed by atoms with Crippen molar-refractivity contribution in [3.8, 4) is 17.2 Å². The van der Waals surface area contributed by atoms with Gasteiger partial charge in [-0.2, -0.15) is 13.5 Å². The van der Waals surface area contributed by atoms with Gasteiger partial charge in [-0.05, 0) is 49.4 Å². The lowest BCUT2D eigenvalue weighted by Gasteiger charge is -2.09. The van der Waals surface area contributed by atoms with Crippen LogP contribution >= 0.6 is 0 Å². The van der Waals surface area contributed by atoms with Gasteiger partial charge >= 0.3 is 10.1 Å². The highest BCUT2D eigenvalue weighted by molar-refractivity contribution is 7.87. The highest BCUT2D eigenvalue weighted by atomic mass is 32.2. The quantitative estimate of drug-likeness (QED) is 0.478. The fourth-order valence-electron chi connectivity index (χ4n) is 2.79. The second kappa shape index (κ2) is 6.97. The molecule has 0 N–H and O–H groups in total. The second-order valence-corrected chi connectivity index (χ2v) is 7.72. The molecule has 4 rings (SSSR count). The van der Waals surface area contributed by atoms with Crippen LogP contribution in [0.3, 0.4) is 0 Å². The molecule has 28 heavy (non-hydrogen) atoms. The number of hydrogen-bond acceptors (Lipinski definition) is 6. The molecule has 0 aliphatic heterocycles. The number of pyridine rings is 1. The first-order valence-electron chi connectivity index (χ1n) is 8.49. The van der Waals surface area contributed by atoms with Crippen LogP contribution in [-0.2, 0) is 17.2 Å². The predicted octanol–water partition coefficient (Wildman–Crippen LogP) is 3.84. The van der Waals surface area contributed by atoms with Crippen molar-refractivity contribution in [3.05, 3.63) is 72.6 Å². The molecule has 0 saturated carbocycles. The van der Waals surface area contributed by atoms with Crippen LogP contribution < -0.4 is 8.92 Å². The van der Waals surface area contributed by atoms with E-state index in [1.807, 2.05) is 30.3 Å². The zero-order valence-corrected chi connectivity index (χ0v) is 16.1. The molecule has 0 aliphatic carbocycles. The van der Waals surface area contributed by atoms with Crippen LogP contribution in [0.15, 0.2) is 71.8 Å². The van der Waals surface area contributed by atoms with Gasteiger partial charge < -0.3 is 8.92 Å². The largest absolute Gasteiger partial charge is 0.457 e. The molecule has 0 saturated heterocycles. The van der Waals surface area contributed by atoms with Crippen LogP contribution in [0.4, 0.5) is 0 Å². The maximum absolute atomic E-state index is 12.6. The Bertz CT molecular complexity index is 1230. The topological polar surface area (TPSA) is 83.3 Å². The molecule has 142 valence electrons. The van der Waals surface area contributed by atoms with Gasteiger partial charge in [-0.3, -0.25) is 4.68 Å². The molecule has 0 spiro atoms. The normalized spacial score (nSPS) is 11.5. The minimum atomic E-state index is -4.02. The number of fused-ring (bicyclic) bond motifs is 1. The van der Waals surface area contributed by atoms with E-state index in [4.69, 9.17) is 8.92 Å². The van der Waals surface area contributed by atoms with Crippen molar-refractivity contribution >= 4 is 21.2 Å². The Labute approximate surface area is 162 Å². The molecule has 2 aromatic carbocycles. The summed E-state index contributed by atoms with van der Waals surface area (Å²) in [5.74, 6) is 1.45. The average Bonchev–Trinajstić information content (AvgIpc) is 2.97. The zero-order valence-electron chi connectivity index (χ0n) is 15.2. The molecule has 2 heterocycles. The molecule has 8 heteroatoms. The van der Waals surface area contributed by atoms with E-state index in [0.29, 0.717) is 28.2 Å². The average molecular weight is 395 g/mol. The van der Waals surface area contributed by atoms with Crippen molar-refractivity contribution in [2.75, 3.05) is 0 Å². The van der Waals surface area contributed by atoms with Gasteiger partial charge in [0.25, 0.3) is 0 Å². The van der Waals surface area contributed by atoms with E-state index in [1.54, 1.807) is 30.8 Å². The Morgan fingerprint density at radius 3 is 2.29 bits per heavy atom. The highest BCUT2D eigenvalue weighted by Crippen LogP contribution is 2.26. The predicted molar refractivity (Wildman–Crippen MR) is 104 cm³/mol. The molecule has 0 aliphatic rings. The molecule has 7 nitrogen and oxygen atoms in total. The van der Waals surface area contributed by atoms with E-state index in [-0.39, 0.29) is 10.6 Å². The van der Waals surface area contributed by atoms with Crippen LogP contribution in [-0.4, -0.2) is 23.2 Å². The third-order valence-corrected chi connectivity index (χ3v) is 5.35. The first kappa shape index (κ1) is 18.0. The molecule has 2 aromatic heterocycles. The smallest absolute Gasteiger partial charge is 0.340 e. The number of rotatable bonds is 5. The standard InChI is InChI=1S/C20H17N3O4S/c1-14-19-12-18(13-21-20(19)23(2)22-14)28(24,25)27-17-10-8-16(9-11-17)26-15-6-4-3-5-7-15/h3-13H,1-2H3. The SMILES string of the molecule is Cc1nn(C)c2ncc(S(=O)(=O)Oc3ccc(Oc4ccccc4)cc3)cc12. The first-order chi connectivity index (χ1) is 13.4. The van der Waals surface area contributed by atoms with Crippen LogP contribution in [0.25, 0.3) is 11.0 Å². The summed E-state index contributed by atoms with van der Waals surface area (Å²) in [5.41, 5.74) is 1.31. The van der Waals surface area contributed by atoms with Gasteiger partial charge in [-0.25, -0.2) is 4.98 Å². The Balaban J connectivity index is 1.55. The summed E-state index contributed by atoms with van der Waals surface area (Å²) in [6, 6.07) is 17.2. The second-order valence-electron chi connectivity index (χ2n) is 6.18. The minimum absolute atomic E-state index is 0.0271. The summed E-state index contributed by atoms with van der Waals surface area (Å²) in [5, 5.41) is 4.91. The lowest BCUT2D eigenvalue weighted by molar-refractivity contribution is 0.474. The third kappa shape index (κ3) is 3.54. The maximum Gasteiger partial charge on any atom is 0.340 e. The fourth-order valence-corrected chi connectivity index (χ4v) is 3.69. The third-order valence-electron chi connectivity index (χ3n) is 4.14. The van der Waals surface area contributed by atoms with Gasteiger partial charge in [0.2, 0.25) is 0 Å². The monoisotopic (exact) mass is 395 g/mol. The van der Waals surface area contributed by atoms with Gasteiger partial charge in [0.1, 0.15) is 22.1 Å². The summed E-state index contributed by atoms with van der Waals surface area (Å²) >= 11 is 0. The van der Waals surface area contributed by atoms with Gasteiger partial charge in [-0.1, -0.05) is 18.2 Å². The van der Waals surface area contributed by atoms with E-state index in [0.717, 1.165) is 0 Å². The number of para-hydroxylation sites is 1. The van der Waals surface area contributed by atoms with Crippen LogP contribution in [0.2, 0.25) is 0 Å². The van der Waals surface area contributed by atoms with Crippen molar-refractivity contribution in [1.29, 1.82) is 0 Å². The molecular weight excluding hydrogens is 378 g/mol. The van der Waals surface area contributed by atoms with Gasteiger partial charge in [0.15, 0.2) is 5.65 Å². The lowest BCUT2D eigenvalue weighted by atomic mass is 10.3. The molecule has 0 unspecified atom stereocenters. The summed E-state index contributed by atoms with van der Waals surface area (Å²) in [4.78, 5) is 4.16. The number of ether oxygens (including phenoxy) is 1. The molecule has 0 bridgehead atoms. The summed E-state index contributed by atoms with van der Waals surface area (Å²) < 4.78 is 37.8. The van der Waals surface area contributed by atoms with Gasteiger partial charge in [0, 0.05) is 12.4 Å². The van der Waals surface area contributed by atoms with E-state index in [1.165, 1.54) is 24.4 Å². The number of benzene rings is 2. The molecule has 4 aromatic rings. The van der Waals surface area contributed by atoms with Crippen molar-refractivity contribution in [3.63, 3.8) is 0 Å². The van der Waals surface area contributed by atoms with E-state index in [2.05, 4.69) is 10.1 Å². The molecule has 0 atom stereocenters. The Morgan fingerprint density at radius 1 is 0.929 bits per heavy atom. The zero-order chi connectivity index (χ0) is 19.7. The van der Waals surface area contributed by atoms with Crippen molar-refractivity contribution in [1.82, 2.24) is 14.8 Å². The Hall–Kier alpha value is -3.39. The van der Waals surface area contributed by atoms with Crippen molar-refractivity contribution in [2.24, 2.45) is 7.05 Å². The molecule has 0 fully saturated rings. The minimum Gasteiger partial charge on any atom is -0.457 e. The first-order valence-corrected chi connectivity index (χ1v) is 9.90. The van der Waals surface area contributed by atoms with Gasteiger partial charge in [-0.15, -0.1) is 0 Å². The van der Waals surface area contributed by atoms with Crippen LogP contribution in [0.5, 0.6) is 17.2 Å². The van der Waals surface area contributed by atoms with Crippen molar-refractivity contribution in [2.45, 2.75) is 11.8 Å². The summed E-state index contributed by atoms with van der Waals surface area (Å²) in [7, 11) is -2.27. The fraction of sp³-hybridized carbons (Fsp3) is 0.100. The lowest BCUT2D eigenvalue weighted by Crippen LogP contribution is -2.10. The maximum atomic E-state index is 12.6. The molecule has 0 radical (unpaired) electrons. The number of nitrogens with zero attached hydrogens (tertiary/aromatic N) is 3. The molecule has 0 amide bonds. The van der Waals surface area contributed by atoms with Crippen LogP contribution in [0.1, 0.15) is 5.69 Å². The summed E-state index contributed by atoms with van der Waals surface area (Å²) in [6.45, 7) is 1.80. The van der Waals surface area contributed by atoms with Crippen LogP contribution in [0, 0.1) is 6.92 Å². The Morgan fingerprint density at radius 2 is 1.57 bits per heavy atom. The highest BCUT2D eigenvalue weighted by Gasteiger charge is 2.20.